The van der Waals surface area contributed by atoms with Gasteiger partial charge in [0.2, 0.25) is 0 Å². The molecule has 1 aliphatic carbocycles. The first-order valence-electron chi connectivity index (χ1n) is 7.10. The van der Waals surface area contributed by atoms with Crippen molar-refractivity contribution in [1.29, 1.82) is 0 Å². The van der Waals surface area contributed by atoms with Gasteiger partial charge in [-0.2, -0.15) is 0 Å². The van der Waals surface area contributed by atoms with Crippen molar-refractivity contribution in [3.05, 3.63) is 48.0 Å². The van der Waals surface area contributed by atoms with Crippen LogP contribution < -0.4 is 5.73 Å². The second kappa shape index (κ2) is 4.55. The molecule has 0 fully saturated rings. The summed E-state index contributed by atoms with van der Waals surface area (Å²) in [6, 6.07) is 6.72. The molecule has 21 heavy (non-hydrogen) atoms. The molecule has 0 radical (unpaired) electrons. The number of benzene rings is 1. The van der Waals surface area contributed by atoms with Crippen molar-refractivity contribution in [2.45, 2.75) is 24.8 Å². The quantitative estimate of drug-likeness (QED) is 0.863. The highest BCUT2D eigenvalue weighted by atomic mass is 16.5. The molecule has 0 amide bonds. The Bertz CT molecular complexity index is 713. The molecular formula is C16H16N4O. The third-order valence-corrected chi connectivity index (χ3v) is 4.34. The lowest BCUT2D eigenvalue weighted by Crippen LogP contribution is -2.35. The lowest BCUT2D eigenvalue weighted by atomic mass is 9.77. The first-order chi connectivity index (χ1) is 10.3. The van der Waals surface area contributed by atoms with E-state index in [4.69, 9.17) is 10.5 Å². The van der Waals surface area contributed by atoms with Gasteiger partial charge in [0.05, 0.1) is 0 Å². The van der Waals surface area contributed by atoms with Crippen molar-refractivity contribution in [3.8, 4) is 11.1 Å². The second-order valence-electron chi connectivity index (χ2n) is 5.71. The molecule has 1 atom stereocenters. The van der Waals surface area contributed by atoms with Crippen LogP contribution in [0.4, 0.5) is 0 Å². The number of aliphatic imine (C=N–C) groups is 1. The van der Waals surface area contributed by atoms with Crippen LogP contribution in [0, 0.1) is 0 Å². The fourth-order valence-electron chi connectivity index (χ4n) is 3.33. The number of amidine groups is 1. The Balaban J connectivity index is 1.75. The third kappa shape index (κ3) is 2.05. The van der Waals surface area contributed by atoms with Gasteiger partial charge in [0.1, 0.15) is 18.5 Å². The SMILES string of the molecule is NC1=N[C@]2(CCc3c(cccc3-c3cncnc3)C2)CO1. The van der Waals surface area contributed by atoms with Crippen molar-refractivity contribution in [2.75, 3.05) is 6.61 Å². The summed E-state index contributed by atoms with van der Waals surface area (Å²) >= 11 is 0. The van der Waals surface area contributed by atoms with Gasteiger partial charge in [0.15, 0.2) is 0 Å². The standard InChI is InChI=1S/C16H16N4O/c17-15-20-16(9-21-15)5-4-14-11(6-16)2-1-3-13(14)12-7-18-10-19-8-12/h1-3,7-8,10H,4-6,9H2,(H2,17,20)/t16-/m0/s1. The minimum Gasteiger partial charge on any atom is -0.463 e. The molecule has 1 aliphatic heterocycles. The van der Waals surface area contributed by atoms with Gasteiger partial charge in [-0.15, -0.1) is 0 Å². The van der Waals surface area contributed by atoms with Gasteiger partial charge in [-0.25, -0.2) is 15.0 Å². The Labute approximate surface area is 122 Å². The average molecular weight is 280 g/mol. The van der Waals surface area contributed by atoms with Crippen molar-refractivity contribution in [3.63, 3.8) is 0 Å². The van der Waals surface area contributed by atoms with E-state index in [9.17, 15) is 0 Å². The van der Waals surface area contributed by atoms with E-state index >= 15 is 0 Å². The van der Waals surface area contributed by atoms with Crippen LogP contribution in [0.3, 0.4) is 0 Å². The van der Waals surface area contributed by atoms with Crippen LogP contribution in [-0.2, 0) is 17.6 Å². The molecule has 0 bridgehead atoms. The predicted molar refractivity (Wildman–Crippen MR) is 79.8 cm³/mol. The molecule has 0 unspecified atom stereocenters. The van der Waals surface area contributed by atoms with Crippen LogP contribution in [0.1, 0.15) is 17.5 Å². The zero-order chi connectivity index (χ0) is 14.3. The first kappa shape index (κ1) is 12.3. The van der Waals surface area contributed by atoms with Crippen LogP contribution in [0.5, 0.6) is 0 Å². The topological polar surface area (TPSA) is 73.4 Å². The highest BCUT2D eigenvalue weighted by molar-refractivity contribution is 5.74. The van der Waals surface area contributed by atoms with E-state index in [1.165, 1.54) is 16.7 Å². The van der Waals surface area contributed by atoms with E-state index in [0.717, 1.165) is 24.8 Å². The van der Waals surface area contributed by atoms with Crippen molar-refractivity contribution in [2.24, 2.45) is 10.7 Å². The maximum atomic E-state index is 5.69. The van der Waals surface area contributed by atoms with Gasteiger partial charge < -0.3 is 10.5 Å². The summed E-state index contributed by atoms with van der Waals surface area (Å²) in [5.74, 6) is 0. The Morgan fingerprint density at radius 2 is 2.05 bits per heavy atom. The van der Waals surface area contributed by atoms with Gasteiger partial charge in [-0.3, -0.25) is 0 Å². The smallest absolute Gasteiger partial charge is 0.282 e. The largest absolute Gasteiger partial charge is 0.463 e. The minimum atomic E-state index is -0.164. The second-order valence-corrected chi connectivity index (χ2v) is 5.71. The van der Waals surface area contributed by atoms with E-state index in [0.29, 0.717) is 12.6 Å². The maximum Gasteiger partial charge on any atom is 0.282 e. The summed E-state index contributed by atoms with van der Waals surface area (Å²) < 4.78 is 5.38. The fraction of sp³-hybridized carbons (Fsp3) is 0.312. The molecule has 5 heteroatoms. The van der Waals surface area contributed by atoms with E-state index < -0.39 is 0 Å². The number of ether oxygens (including phenoxy) is 1. The van der Waals surface area contributed by atoms with Crippen molar-refractivity contribution >= 4 is 6.02 Å². The number of nitrogens with two attached hydrogens (primary N) is 1. The Kier molecular flexibility index (Phi) is 2.67. The van der Waals surface area contributed by atoms with Crippen LogP contribution in [0.25, 0.3) is 11.1 Å². The summed E-state index contributed by atoms with van der Waals surface area (Å²) in [5.41, 5.74) is 10.5. The summed E-state index contributed by atoms with van der Waals surface area (Å²) in [6.45, 7) is 0.594. The third-order valence-electron chi connectivity index (χ3n) is 4.34. The van der Waals surface area contributed by atoms with Gasteiger partial charge >= 0.3 is 0 Å². The normalized spacial score (nSPS) is 23.5. The summed E-state index contributed by atoms with van der Waals surface area (Å²) in [5, 5.41) is 0. The molecule has 5 nitrogen and oxygen atoms in total. The summed E-state index contributed by atoms with van der Waals surface area (Å²) in [7, 11) is 0. The maximum absolute atomic E-state index is 5.69. The average Bonchev–Trinajstić information content (AvgIpc) is 2.88. The van der Waals surface area contributed by atoms with E-state index in [1.54, 1.807) is 6.33 Å². The van der Waals surface area contributed by atoms with E-state index in [-0.39, 0.29) is 5.54 Å². The molecule has 2 N–H and O–H groups in total. The zero-order valence-corrected chi connectivity index (χ0v) is 11.6. The predicted octanol–water partition coefficient (Wildman–Crippen LogP) is 1.72. The molecule has 2 aromatic rings. The number of fused-ring (bicyclic) bond motifs is 1. The van der Waals surface area contributed by atoms with Gasteiger partial charge in [0.25, 0.3) is 6.02 Å². The lowest BCUT2D eigenvalue weighted by Gasteiger charge is -2.31. The molecule has 2 heterocycles. The van der Waals surface area contributed by atoms with Crippen molar-refractivity contribution < 1.29 is 4.74 Å². The van der Waals surface area contributed by atoms with Gasteiger partial charge in [-0.05, 0) is 29.5 Å². The first-order valence-corrected chi connectivity index (χ1v) is 7.10. The molecular weight excluding hydrogens is 264 g/mol. The minimum absolute atomic E-state index is 0.164. The Morgan fingerprint density at radius 1 is 1.19 bits per heavy atom. The molecule has 1 aromatic heterocycles. The highest BCUT2D eigenvalue weighted by Gasteiger charge is 2.39. The number of rotatable bonds is 1. The van der Waals surface area contributed by atoms with Crippen LogP contribution in [0.15, 0.2) is 41.9 Å². The Morgan fingerprint density at radius 3 is 2.81 bits per heavy atom. The highest BCUT2D eigenvalue weighted by Crippen LogP contribution is 2.38. The van der Waals surface area contributed by atoms with Gasteiger partial charge in [-0.1, -0.05) is 18.2 Å². The number of nitrogens with zero attached hydrogens (tertiary/aromatic N) is 3. The molecule has 4 rings (SSSR count). The number of hydrogen-bond acceptors (Lipinski definition) is 5. The number of hydrogen-bond donors (Lipinski definition) is 1. The van der Waals surface area contributed by atoms with Crippen LogP contribution >= 0.6 is 0 Å². The van der Waals surface area contributed by atoms with E-state index in [1.807, 2.05) is 12.4 Å². The van der Waals surface area contributed by atoms with Crippen molar-refractivity contribution in [1.82, 2.24) is 9.97 Å². The summed E-state index contributed by atoms with van der Waals surface area (Å²) in [6.07, 6.45) is 8.10. The molecule has 106 valence electrons. The monoisotopic (exact) mass is 280 g/mol. The lowest BCUT2D eigenvalue weighted by molar-refractivity contribution is 0.235. The molecule has 1 aromatic carbocycles. The van der Waals surface area contributed by atoms with Crippen LogP contribution in [0.2, 0.25) is 0 Å². The number of aromatic nitrogens is 2. The van der Waals surface area contributed by atoms with Gasteiger partial charge in [0, 0.05) is 24.4 Å². The van der Waals surface area contributed by atoms with E-state index in [2.05, 4.69) is 33.2 Å². The zero-order valence-electron chi connectivity index (χ0n) is 11.6. The molecule has 1 spiro atoms. The Hall–Kier alpha value is -2.43. The summed E-state index contributed by atoms with van der Waals surface area (Å²) in [4.78, 5) is 12.8. The van der Waals surface area contributed by atoms with Crippen LogP contribution in [-0.4, -0.2) is 28.1 Å². The molecule has 2 aliphatic rings. The molecule has 0 saturated heterocycles. The molecule has 0 saturated carbocycles. The fourth-order valence-corrected chi connectivity index (χ4v) is 3.33.